The molecule has 2 rings (SSSR count). The zero-order valence-electron chi connectivity index (χ0n) is 12.7. The Bertz CT molecular complexity index is 665. The topological polar surface area (TPSA) is 44.8 Å². The highest BCUT2D eigenvalue weighted by atomic mass is 79.9. The lowest BCUT2D eigenvalue weighted by atomic mass is 10.0. The maximum absolute atomic E-state index is 12.4. The summed E-state index contributed by atoms with van der Waals surface area (Å²) in [5.41, 5.74) is 1.44. The van der Waals surface area contributed by atoms with E-state index in [1.807, 2.05) is 6.07 Å². The van der Waals surface area contributed by atoms with Crippen LogP contribution in [0, 0.1) is 0 Å². The normalized spacial score (nSPS) is 10.2. The van der Waals surface area contributed by atoms with Crippen molar-refractivity contribution in [2.24, 2.45) is 0 Å². The Morgan fingerprint density at radius 1 is 0.955 bits per heavy atom. The number of ether oxygens (including phenoxy) is 3. The summed E-state index contributed by atoms with van der Waals surface area (Å²) in [5.74, 6) is 2.03. The zero-order valence-corrected chi connectivity index (χ0v) is 14.3. The van der Waals surface area contributed by atoms with Crippen molar-refractivity contribution in [1.29, 1.82) is 0 Å². The SMILES string of the molecule is COc1ccc(C(=O)Cc2cc(Br)c(OC)cc2OC)cc1. The van der Waals surface area contributed by atoms with E-state index in [0.29, 0.717) is 17.1 Å². The smallest absolute Gasteiger partial charge is 0.167 e. The molecule has 2 aromatic rings. The molecule has 0 aliphatic heterocycles. The highest BCUT2D eigenvalue weighted by Crippen LogP contribution is 2.33. The summed E-state index contributed by atoms with van der Waals surface area (Å²) in [5, 5.41) is 0. The van der Waals surface area contributed by atoms with Crippen LogP contribution in [-0.4, -0.2) is 27.1 Å². The molecule has 0 aliphatic carbocycles. The summed E-state index contributed by atoms with van der Waals surface area (Å²) in [4.78, 5) is 12.4. The molecular formula is C17H17BrO4. The monoisotopic (exact) mass is 364 g/mol. The van der Waals surface area contributed by atoms with E-state index in [0.717, 1.165) is 15.8 Å². The van der Waals surface area contributed by atoms with Crippen LogP contribution in [0.2, 0.25) is 0 Å². The summed E-state index contributed by atoms with van der Waals surface area (Å²) in [6.45, 7) is 0. The van der Waals surface area contributed by atoms with Crippen molar-refractivity contribution in [3.05, 3.63) is 52.0 Å². The molecule has 0 spiro atoms. The molecule has 0 saturated heterocycles. The minimum atomic E-state index is 0.0121. The second kappa shape index (κ2) is 7.31. The van der Waals surface area contributed by atoms with Crippen molar-refractivity contribution in [2.45, 2.75) is 6.42 Å². The van der Waals surface area contributed by atoms with Crippen LogP contribution in [0.5, 0.6) is 17.2 Å². The van der Waals surface area contributed by atoms with E-state index < -0.39 is 0 Å². The van der Waals surface area contributed by atoms with Crippen LogP contribution in [-0.2, 0) is 6.42 Å². The van der Waals surface area contributed by atoms with Gasteiger partial charge in [-0.15, -0.1) is 0 Å². The van der Waals surface area contributed by atoms with Gasteiger partial charge in [-0.2, -0.15) is 0 Å². The van der Waals surface area contributed by atoms with Gasteiger partial charge < -0.3 is 14.2 Å². The van der Waals surface area contributed by atoms with Crippen molar-refractivity contribution >= 4 is 21.7 Å². The van der Waals surface area contributed by atoms with Gasteiger partial charge in [0.1, 0.15) is 17.2 Å². The van der Waals surface area contributed by atoms with Gasteiger partial charge in [0.15, 0.2) is 5.78 Å². The number of methoxy groups -OCH3 is 3. The third-order valence-electron chi connectivity index (χ3n) is 3.32. The van der Waals surface area contributed by atoms with Crippen LogP contribution >= 0.6 is 15.9 Å². The number of Topliss-reactive ketones (excluding diaryl/α,β-unsaturated/α-hetero) is 1. The van der Waals surface area contributed by atoms with Gasteiger partial charge in [0, 0.05) is 23.6 Å². The molecule has 0 amide bonds. The van der Waals surface area contributed by atoms with E-state index in [-0.39, 0.29) is 12.2 Å². The number of carbonyl (C=O) groups is 1. The van der Waals surface area contributed by atoms with Crippen LogP contribution < -0.4 is 14.2 Å². The van der Waals surface area contributed by atoms with Crippen LogP contribution in [0.15, 0.2) is 40.9 Å². The molecule has 0 radical (unpaired) electrons. The van der Waals surface area contributed by atoms with Crippen molar-refractivity contribution < 1.29 is 19.0 Å². The molecule has 0 aromatic heterocycles. The van der Waals surface area contributed by atoms with Crippen molar-refractivity contribution in [3.8, 4) is 17.2 Å². The number of ketones is 1. The van der Waals surface area contributed by atoms with Gasteiger partial charge in [0.2, 0.25) is 0 Å². The molecule has 22 heavy (non-hydrogen) atoms. The predicted molar refractivity (Wildman–Crippen MR) is 88.3 cm³/mol. The fraction of sp³-hybridized carbons (Fsp3) is 0.235. The molecule has 0 saturated carbocycles. The summed E-state index contributed by atoms with van der Waals surface area (Å²) in [6, 6.07) is 10.7. The first-order valence-electron chi connectivity index (χ1n) is 6.66. The number of carbonyl (C=O) groups excluding carboxylic acids is 1. The standard InChI is InChI=1S/C17H17BrO4/c1-20-13-6-4-11(5-7-13)15(19)9-12-8-14(18)17(22-3)10-16(12)21-2/h4-8,10H,9H2,1-3H3. The Morgan fingerprint density at radius 2 is 1.59 bits per heavy atom. The Kier molecular flexibility index (Phi) is 5.44. The molecule has 0 atom stereocenters. The fourth-order valence-corrected chi connectivity index (χ4v) is 2.67. The molecule has 2 aromatic carbocycles. The maximum atomic E-state index is 12.4. The predicted octanol–water partition coefficient (Wildman–Crippen LogP) is 3.90. The van der Waals surface area contributed by atoms with Gasteiger partial charge in [-0.05, 0) is 46.3 Å². The number of rotatable bonds is 6. The molecule has 5 heteroatoms. The third-order valence-corrected chi connectivity index (χ3v) is 3.94. The molecule has 0 unspecified atom stereocenters. The molecule has 116 valence electrons. The summed E-state index contributed by atoms with van der Waals surface area (Å²) >= 11 is 3.43. The van der Waals surface area contributed by atoms with Crippen LogP contribution in [0.1, 0.15) is 15.9 Å². The Labute approximate surface area is 138 Å². The average Bonchev–Trinajstić information content (AvgIpc) is 2.55. The van der Waals surface area contributed by atoms with Gasteiger partial charge in [0.25, 0.3) is 0 Å². The van der Waals surface area contributed by atoms with Crippen LogP contribution in [0.25, 0.3) is 0 Å². The van der Waals surface area contributed by atoms with Crippen molar-refractivity contribution in [1.82, 2.24) is 0 Å². The molecule has 4 nitrogen and oxygen atoms in total. The van der Waals surface area contributed by atoms with Crippen molar-refractivity contribution in [2.75, 3.05) is 21.3 Å². The Hall–Kier alpha value is -2.01. The molecule has 0 heterocycles. The lowest BCUT2D eigenvalue weighted by molar-refractivity contribution is 0.0992. The summed E-state index contributed by atoms with van der Waals surface area (Å²) in [6.07, 6.45) is 0.248. The Balaban J connectivity index is 2.25. The van der Waals surface area contributed by atoms with Crippen LogP contribution in [0.3, 0.4) is 0 Å². The number of halogens is 1. The van der Waals surface area contributed by atoms with E-state index in [1.165, 1.54) is 0 Å². The first-order valence-corrected chi connectivity index (χ1v) is 7.46. The zero-order chi connectivity index (χ0) is 16.1. The van der Waals surface area contributed by atoms with Gasteiger partial charge in [-0.25, -0.2) is 0 Å². The van der Waals surface area contributed by atoms with Gasteiger partial charge in [-0.1, -0.05) is 0 Å². The quantitative estimate of drug-likeness (QED) is 0.729. The maximum Gasteiger partial charge on any atom is 0.167 e. The average molecular weight is 365 g/mol. The number of hydrogen-bond donors (Lipinski definition) is 0. The lowest BCUT2D eigenvalue weighted by Gasteiger charge is -2.12. The summed E-state index contributed by atoms with van der Waals surface area (Å²) < 4.78 is 16.5. The first-order chi connectivity index (χ1) is 10.6. The first kappa shape index (κ1) is 16.4. The fourth-order valence-electron chi connectivity index (χ4n) is 2.11. The largest absolute Gasteiger partial charge is 0.497 e. The van der Waals surface area contributed by atoms with E-state index >= 15 is 0 Å². The number of benzene rings is 2. The van der Waals surface area contributed by atoms with Crippen molar-refractivity contribution in [3.63, 3.8) is 0 Å². The third kappa shape index (κ3) is 3.60. The Morgan fingerprint density at radius 3 is 2.14 bits per heavy atom. The minimum Gasteiger partial charge on any atom is -0.497 e. The second-order valence-corrected chi connectivity index (χ2v) is 5.48. The molecule has 0 fully saturated rings. The van der Waals surface area contributed by atoms with Gasteiger partial charge in [-0.3, -0.25) is 4.79 Å². The molecular weight excluding hydrogens is 348 g/mol. The molecule has 0 bridgehead atoms. The van der Waals surface area contributed by atoms with E-state index in [4.69, 9.17) is 14.2 Å². The van der Waals surface area contributed by atoms with E-state index in [9.17, 15) is 4.79 Å². The molecule has 0 aliphatic rings. The minimum absolute atomic E-state index is 0.0121. The highest BCUT2D eigenvalue weighted by Gasteiger charge is 2.14. The van der Waals surface area contributed by atoms with Gasteiger partial charge in [0.05, 0.1) is 25.8 Å². The lowest BCUT2D eigenvalue weighted by Crippen LogP contribution is -2.05. The molecule has 0 N–H and O–H groups in total. The number of hydrogen-bond acceptors (Lipinski definition) is 4. The van der Waals surface area contributed by atoms with Gasteiger partial charge >= 0.3 is 0 Å². The van der Waals surface area contributed by atoms with E-state index in [1.54, 1.807) is 51.7 Å². The van der Waals surface area contributed by atoms with Crippen LogP contribution in [0.4, 0.5) is 0 Å². The second-order valence-electron chi connectivity index (χ2n) is 4.63. The highest BCUT2D eigenvalue weighted by molar-refractivity contribution is 9.10. The summed E-state index contributed by atoms with van der Waals surface area (Å²) in [7, 11) is 4.75. The van der Waals surface area contributed by atoms with E-state index in [2.05, 4.69) is 15.9 Å².